The molecule has 0 radical (unpaired) electrons. The van der Waals surface area contributed by atoms with Crippen molar-refractivity contribution in [3.05, 3.63) is 0 Å². The number of sulfone groups is 1. The summed E-state index contributed by atoms with van der Waals surface area (Å²) in [6, 6.07) is 0. The first-order chi connectivity index (χ1) is 7.60. The lowest BCUT2D eigenvalue weighted by Crippen LogP contribution is -2.58. The van der Waals surface area contributed by atoms with Crippen LogP contribution in [0, 0.1) is 0 Å². The van der Waals surface area contributed by atoms with Crippen molar-refractivity contribution in [1.29, 1.82) is 0 Å². The van der Waals surface area contributed by atoms with E-state index in [0.29, 0.717) is 12.8 Å². The molecule has 0 spiro atoms. The molecule has 1 aliphatic rings. The van der Waals surface area contributed by atoms with Crippen molar-refractivity contribution in [2.75, 3.05) is 11.5 Å². The second kappa shape index (κ2) is 4.57. The summed E-state index contributed by atoms with van der Waals surface area (Å²) in [7, 11) is -3.01. The number of carbonyl (C=O) groups excluding carboxylic acids is 1. The van der Waals surface area contributed by atoms with Crippen LogP contribution in [0.1, 0.15) is 40.0 Å². The number of nitrogens with two attached hydrogens (primary N) is 1. The Morgan fingerprint density at radius 3 is 2.53 bits per heavy atom. The molecular weight excluding hydrogens is 240 g/mol. The zero-order valence-electron chi connectivity index (χ0n) is 10.7. The van der Waals surface area contributed by atoms with Crippen molar-refractivity contribution < 1.29 is 13.2 Å². The molecule has 1 saturated heterocycles. The van der Waals surface area contributed by atoms with Gasteiger partial charge in [-0.3, -0.25) is 4.79 Å². The Labute approximate surface area is 103 Å². The minimum Gasteiger partial charge on any atom is -0.348 e. The maximum Gasteiger partial charge on any atom is 0.240 e. The molecule has 0 aromatic heterocycles. The van der Waals surface area contributed by atoms with Gasteiger partial charge >= 0.3 is 0 Å². The Hall–Kier alpha value is -0.620. The summed E-state index contributed by atoms with van der Waals surface area (Å²) in [5, 5.41) is 2.79. The van der Waals surface area contributed by atoms with Crippen molar-refractivity contribution in [1.82, 2.24) is 5.32 Å². The predicted molar refractivity (Wildman–Crippen MR) is 67.3 cm³/mol. The second-order valence-electron chi connectivity index (χ2n) is 5.52. The molecule has 1 heterocycles. The molecule has 0 aromatic rings. The van der Waals surface area contributed by atoms with Gasteiger partial charge in [0.05, 0.1) is 22.6 Å². The van der Waals surface area contributed by atoms with Gasteiger partial charge in [0.15, 0.2) is 9.84 Å². The third-order valence-corrected chi connectivity index (χ3v) is 5.11. The Morgan fingerprint density at radius 1 is 1.53 bits per heavy atom. The molecule has 5 nitrogen and oxygen atoms in total. The summed E-state index contributed by atoms with van der Waals surface area (Å²) in [4.78, 5) is 12.0. The van der Waals surface area contributed by atoms with E-state index in [2.05, 4.69) is 5.32 Å². The number of rotatable bonds is 4. The Morgan fingerprint density at radius 2 is 2.12 bits per heavy atom. The van der Waals surface area contributed by atoms with E-state index < -0.39 is 20.9 Å². The molecule has 6 heteroatoms. The summed E-state index contributed by atoms with van der Waals surface area (Å²) >= 11 is 0. The van der Waals surface area contributed by atoms with Crippen LogP contribution in [0.2, 0.25) is 0 Å². The van der Waals surface area contributed by atoms with E-state index in [4.69, 9.17) is 5.73 Å². The van der Waals surface area contributed by atoms with Gasteiger partial charge in [0.1, 0.15) is 0 Å². The van der Waals surface area contributed by atoms with Gasteiger partial charge in [-0.15, -0.1) is 0 Å². The van der Waals surface area contributed by atoms with E-state index in [1.165, 1.54) is 0 Å². The van der Waals surface area contributed by atoms with Crippen LogP contribution in [-0.4, -0.2) is 36.9 Å². The minimum atomic E-state index is -3.01. The molecule has 17 heavy (non-hydrogen) atoms. The highest BCUT2D eigenvalue weighted by molar-refractivity contribution is 7.91. The highest BCUT2D eigenvalue weighted by Gasteiger charge is 2.41. The van der Waals surface area contributed by atoms with Crippen LogP contribution in [0.4, 0.5) is 0 Å². The first kappa shape index (κ1) is 14.4. The third kappa shape index (κ3) is 3.67. The standard InChI is InChI=1S/C11H22N2O3S/c1-4-5-11(3,12)9(14)13-10(2)6-7-17(15,16)8-10/h4-8,12H2,1-3H3,(H,13,14). The maximum atomic E-state index is 12.0. The van der Waals surface area contributed by atoms with Gasteiger partial charge in [-0.05, 0) is 26.7 Å². The number of nitrogens with one attached hydrogen (secondary N) is 1. The predicted octanol–water partition coefficient (Wildman–Crippen LogP) is 0.197. The summed E-state index contributed by atoms with van der Waals surface area (Å²) in [6.45, 7) is 5.40. The Bertz CT molecular complexity index is 403. The van der Waals surface area contributed by atoms with Gasteiger partial charge in [-0.2, -0.15) is 0 Å². The molecule has 2 unspecified atom stereocenters. The SMILES string of the molecule is CCCC(C)(N)C(=O)NC1(C)CCS(=O)(=O)C1. The fourth-order valence-electron chi connectivity index (χ4n) is 2.16. The van der Waals surface area contributed by atoms with E-state index in [-0.39, 0.29) is 17.4 Å². The van der Waals surface area contributed by atoms with Gasteiger partial charge in [-0.1, -0.05) is 13.3 Å². The van der Waals surface area contributed by atoms with Gasteiger partial charge < -0.3 is 11.1 Å². The molecule has 0 aromatic carbocycles. The molecule has 0 saturated carbocycles. The molecule has 1 aliphatic heterocycles. The van der Waals surface area contributed by atoms with E-state index in [1.807, 2.05) is 6.92 Å². The summed E-state index contributed by atoms with van der Waals surface area (Å²) in [6.07, 6.45) is 1.86. The van der Waals surface area contributed by atoms with Gasteiger partial charge in [-0.25, -0.2) is 8.42 Å². The van der Waals surface area contributed by atoms with Crippen LogP contribution < -0.4 is 11.1 Å². The normalized spacial score (nSPS) is 30.8. The van der Waals surface area contributed by atoms with Gasteiger partial charge in [0.2, 0.25) is 5.91 Å². The minimum absolute atomic E-state index is 0.00788. The molecule has 0 bridgehead atoms. The second-order valence-corrected chi connectivity index (χ2v) is 7.71. The van der Waals surface area contributed by atoms with E-state index in [9.17, 15) is 13.2 Å². The number of carbonyl (C=O) groups is 1. The highest BCUT2D eigenvalue weighted by Crippen LogP contribution is 2.24. The van der Waals surface area contributed by atoms with Crippen LogP contribution in [-0.2, 0) is 14.6 Å². The summed E-state index contributed by atoms with van der Waals surface area (Å²) in [5.74, 6) is -0.119. The van der Waals surface area contributed by atoms with Crippen LogP contribution >= 0.6 is 0 Å². The molecule has 1 amide bonds. The molecule has 3 N–H and O–H groups in total. The van der Waals surface area contributed by atoms with Crippen molar-refractivity contribution in [2.45, 2.75) is 51.1 Å². The molecule has 1 fully saturated rings. The summed E-state index contributed by atoms with van der Waals surface area (Å²) in [5.41, 5.74) is 4.33. The Kier molecular flexibility index (Phi) is 3.88. The van der Waals surface area contributed by atoms with Crippen molar-refractivity contribution in [3.8, 4) is 0 Å². The van der Waals surface area contributed by atoms with E-state index >= 15 is 0 Å². The van der Waals surface area contributed by atoms with E-state index in [0.717, 1.165) is 6.42 Å². The largest absolute Gasteiger partial charge is 0.348 e. The number of hydrogen-bond acceptors (Lipinski definition) is 4. The van der Waals surface area contributed by atoms with Crippen LogP contribution in [0.5, 0.6) is 0 Å². The molecule has 0 aliphatic carbocycles. The molecule has 100 valence electrons. The quantitative estimate of drug-likeness (QED) is 0.757. The molecule has 1 rings (SSSR count). The van der Waals surface area contributed by atoms with Gasteiger partial charge in [0.25, 0.3) is 0 Å². The number of amides is 1. The maximum absolute atomic E-state index is 12.0. The lowest BCUT2D eigenvalue weighted by atomic mass is 9.93. The number of hydrogen-bond donors (Lipinski definition) is 2. The fourth-order valence-corrected chi connectivity index (χ4v) is 4.25. The van der Waals surface area contributed by atoms with Crippen LogP contribution in [0.25, 0.3) is 0 Å². The lowest BCUT2D eigenvalue weighted by molar-refractivity contribution is -0.127. The van der Waals surface area contributed by atoms with Crippen LogP contribution in [0.15, 0.2) is 0 Å². The monoisotopic (exact) mass is 262 g/mol. The average Bonchev–Trinajstić information content (AvgIpc) is 2.40. The van der Waals surface area contributed by atoms with E-state index in [1.54, 1.807) is 13.8 Å². The fraction of sp³-hybridized carbons (Fsp3) is 0.909. The molecule has 2 atom stereocenters. The topological polar surface area (TPSA) is 89.3 Å². The van der Waals surface area contributed by atoms with Crippen molar-refractivity contribution in [3.63, 3.8) is 0 Å². The molecular formula is C11H22N2O3S. The first-order valence-corrected chi connectivity index (χ1v) is 7.74. The zero-order valence-corrected chi connectivity index (χ0v) is 11.6. The smallest absolute Gasteiger partial charge is 0.240 e. The van der Waals surface area contributed by atoms with Crippen molar-refractivity contribution in [2.24, 2.45) is 5.73 Å². The third-order valence-electron chi connectivity index (χ3n) is 3.21. The average molecular weight is 262 g/mol. The van der Waals surface area contributed by atoms with Crippen molar-refractivity contribution >= 4 is 15.7 Å². The van der Waals surface area contributed by atoms with Gasteiger partial charge in [0, 0.05) is 0 Å². The zero-order chi connectivity index (χ0) is 13.3. The lowest BCUT2D eigenvalue weighted by Gasteiger charge is -2.30. The first-order valence-electron chi connectivity index (χ1n) is 5.92. The highest BCUT2D eigenvalue weighted by atomic mass is 32.2. The van der Waals surface area contributed by atoms with Crippen LogP contribution in [0.3, 0.4) is 0 Å². The summed E-state index contributed by atoms with van der Waals surface area (Å²) < 4.78 is 22.8. The Balaban J connectivity index is 2.70.